The van der Waals surface area contributed by atoms with Crippen LogP contribution in [0.2, 0.25) is 5.02 Å². The highest BCUT2D eigenvalue weighted by Crippen LogP contribution is 2.56. The molecule has 0 bridgehead atoms. The summed E-state index contributed by atoms with van der Waals surface area (Å²) in [5.41, 5.74) is -0.514. The molecule has 194 valence electrons. The molecule has 1 aliphatic carbocycles. The fourth-order valence-electron chi connectivity index (χ4n) is 6.21. The van der Waals surface area contributed by atoms with E-state index in [1.807, 2.05) is 15.5 Å². The molecule has 2 saturated heterocycles. The minimum Gasteiger partial charge on any atom is -0.377 e. The SMILES string of the molecule is Fc1cnc(N2CC3(CC(c4nnc5n4-c4ccc(Cl)cc4CN(C4(C(F)(F)F)COC4)C5)C3)C2)nc1. The first-order valence-electron chi connectivity index (χ1n) is 12.0. The number of aromatic nitrogens is 5. The summed E-state index contributed by atoms with van der Waals surface area (Å²) < 4.78 is 62.7. The van der Waals surface area contributed by atoms with Gasteiger partial charge in [-0.05, 0) is 36.6 Å². The predicted molar refractivity (Wildman–Crippen MR) is 124 cm³/mol. The van der Waals surface area contributed by atoms with Gasteiger partial charge in [-0.25, -0.2) is 14.4 Å². The topological polar surface area (TPSA) is 72.2 Å². The number of halogens is 5. The van der Waals surface area contributed by atoms with E-state index in [2.05, 4.69) is 20.2 Å². The molecule has 0 amide bonds. The van der Waals surface area contributed by atoms with Crippen LogP contribution >= 0.6 is 11.6 Å². The van der Waals surface area contributed by atoms with Gasteiger partial charge in [-0.2, -0.15) is 13.2 Å². The Bertz CT molecular complexity index is 1360. The van der Waals surface area contributed by atoms with E-state index < -0.39 is 30.7 Å². The smallest absolute Gasteiger partial charge is 0.377 e. The Balaban J connectivity index is 1.17. The molecule has 0 unspecified atom stereocenters. The van der Waals surface area contributed by atoms with E-state index >= 15 is 0 Å². The van der Waals surface area contributed by atoms with Gasteiger partial charge in [0.2, 0.25) is 5.95 Å². The van der Waals surface area contributed by atoms with Gasteiger partial charge in [-0.1, -0.05) is 11.6 Å². The zero-order chi connectivity index (χ0) is 25.6. The van der Waals surface area contributed by atoms with Gasteiger partial charge in [-0.15, -0.1) is 10.2 Å². The zero-order valence-corrected chi connectivity index (χ0v) is 20.3. The van der Waals surface area contributed by atoms with Crippen LogP contribution in [0.3, 0.4) is 0 Å². The van der Waals surface area contributed by atoms with E-state index in [4.69, 9.17) is 16.3 Å². The highest BCUT2D eigenvalue weighted by molar-refractivity contribution is 6.30. The molecule has 5 heterocycles. The second-order valence-corrected chi connectivity index (χ2v) is 11.1. The Hall–Kier alpha value is -2.83. The maximum Gasteiger partial charge on any atom is 0.411 e. The number of ether oxygens (including phenoxy) is 1. The molecule has 7 rings (SSSR count). The molecule has 2 aromatic heterocycles. The maximum absolute atomic E-state index is 14.2. The van der Waals surface area contributed by atoms with Crippen molar-refractivity contribution < 1.29 is 22.3 Å². The van der Waals surface area contributed by atoms with Crippen LogP contribution in [0.5, 0.6) is 0 Å². The van der Waals surface area contributed by atoms with E-state index in [0.717, 1.165) is 49.8 Å². The van der Waals surface area contributed by atoms with Crippen LogP contribution in [-0.2, 0) is 17.8 Å². The van der Waals surface area contributed by atoms with Crippen LogP contribution in [0.4, 0.5) is 23.5 Å². The van der Waals surface area contributed by atoms with Crippen molar-refractivity contribution in [3.05, 3.63) is 58.6 Å². The summed E-state index contributed by atoms with van der Waals surface area (Å²) >= 11 is 6.27. The number of anilines is 1. The van der Waals surface area contributed by atoms with E-state index in [9.17, 15) is 17.6 Å². The minimum absolute atomic E-state index is 0.00425. The average molecular weight is 536 g/mol. The lowest BCUT2D eigenvalue weighted by Crippen LogP contribution is -2.69. The number of hydrogen-bond acceptors (Lipinski definition) is 7. The van der Waals surface area contributed by atoms with Gasteiger partial charge < -0.3 is 9.64 Å². The zero-order valence-electron chi connectivity index (χ0n) is 19.5. The third kappa shape index (κ3) is 3.48. The molecule has 1 saturated carbocycles. The third-order valence-electron chi connectivity index (χ3n) is 8.21. The number of rotatable bonds is 3. The van der Waals surface area contributed by atoms with Gasteiger partial charge in [0, 0.05) is 36.0 Å². The van der Waals surface area contributed by atoms with Gasteiger partial charge in [0.25, 0.3) is 0 Å². The standard InChI is InChI=1S/C24H22ClF4N7O/c25-16-1-2-18-14(3-16)8-35(23(12-37-13-23)24(27,28)29)9-19-32-33-20(36(18)19)15-4-22(5-15)10-34(11-22)21-30-6-17(26)7-31-21/h1-3,6-7,15H,4-5,8-13H2. The second-order valence-electron chi connectivity index (χ2n) is 10.6. The summed E-state index contributed by atoms with van der Waals surface area (Å²) in [5.74, 6) is 1.39. The van der Waals surface area contributed by atoms with E-state index in [-0.39, 0.29) is 24.4 Å². The molecule has 1 spiro atoms. The van der Waals surface area contributed by atoms with Crippen molar-refractivity contribution in [2.75, 3.05) is 31.2 Å². The van der Waals surface area contributed by atoms with Gasteiger partial charge in [0.1, 0.15) is 5.82 Å². The Morgan fingerprint density at radius 1 is 1.03 bits per heavy atom. The monoisotopic (exact) mass is 535 g/mol. The van der Waals surface area contributed by atoms with E-state index in [0.29, 0.717) is 22.4 Å². The van der Waals surface area contributed by atoms with Crippen LogP contribution in [-0.4, -0.2) is 67.7 Å². The highest BCUT2D eigenvalue weighted by Gasteiger charge is 2.64. The number of alkyl halides is 3. The summed E-state index contributed by atoms with van der Waals surface area (Å²) in [4.78, 5) is 11.5. The first-order valence-corrected chi connectivity index (χ1v) is 12.4. The van der Waals surface area contributed by atoms with Crippen LogP contribution in [0, 0.1) is 11.2 Å². The van der Waals surface area contributed by atoms with Crippen LogP contribution in [0.15, 0.2) is 30.6 Å². The van der Waals surface area contributed by atoms with E-state index in [1.165, 1.54) is 4.90 Å². The molecule has 4 aliphatic rings. The minimum atomic E-state index is -4.45. The van der Waals surface area contributed by atoms with Crippen LogP contribution in [0.1, 0.15) is 36.0 Å². The largest absolute Gasteiger partial charge is 0.411 e. The summed E-state index contributed by atoms with van der Waals surface area (Å²) in [6.07, 6.45) is -0.389. The summed E-state index contributed by atoms with van der Waals surface area (Å²) in [7, 11) is 0. The van der Waals surface area contributed by atoms with Crippen LogP contribution < -0.4 is 4.90 Å². The van der Waals surface area contributed by atoms with Gasteiger partial charge in [-0.3, -0.25) is 9.47 Å². The normalized spacial score (nSPS) is 22.5. The fraction of sp³-hybridized carbons (Fsp3) is 0.500. The number of benzene rings is 1. The first-order chi connectivity index (χ1) is 17.7. The Morgan fingerprint density at radius 2 is 1.76 bits per heavy atom. The highest BCUT2D eigenvalue weighted by atomic mass is 35.5. The third-order valence-corrected chi connectivity index (χ3v) is 8.45. The van der Waals surface area contributed by atoms with Gasteiger partial charge in [0.15, 0.2) is 17.2 Å². The molecule has 37 heavy (non-hydrogen) atoms. The quantitative estimate of drug-likeness (QED) is 0.471. The first kappa shape index (κ1) is 23.3. The van der Waals surface area contributed by atoms with Crippen molar-refractivity contribution in [1.82, 2.24) is 29.6 Å². The lowest BCUT2D eigenvalue weighted by Gasteiger charge is -2.58. The molecule has 0 N–H and O–H groups in total. The molecule has 3 aromatic rings. The summed E-state index contributed by atoms with van der Waals surface area (Å²) in [5, 5.41) is 9.31. The van der Waals surface area contributed by atoms with Gasteiger partial charge >= 0.3 is 6.18 Å². The lowest BCUT2D eigenvalue weighted by atomic mass is 9.57. The second kappa shape index (κ2) is 7.84. The van der Waals surface area contributed by atoms with Crippen molar-refractivity contribution in [3.8, 4) is 5.69 Å². The van der Waals surface area contributed by atoms with Crippen molar-refractivity contribution in [3.63, 3.8) is 0 Å². The predicted octanol–water partition coefficient (Wildman–Crippen LogP) is 3.88. The van der Waals surface area contributed by atoms with Crippen molar-refractivity contribution in [2.24, 2.45) is 5.41 Å². The summed E-state index contributed by atoms with van der Waals surface area (Å²) in [6, 6.07) is 5.30. The molecular weight excluding hydrogens is 514 g/mol. The molecule has 8 nitrogen and oxygen atoms in total. The van der Waals surface area contributed by atoms with Gasteiger partial charge in [0.05, 0.1) is 37.8 Å². The number of hydrogen-bond donors (Lipinski definition) is 0. The lowest BCUT2D eigenvalue weighted by molar-refractivity contribution is -0.310. The van der Waals surface area contributed by atoms with Crippen LogP contribution in [0.25, 0.3) is 5.69 Å². The Labute approximate surface area is 214 Å². The molecule has 3 fully saturated rings. The Kier molecular flexibility index (Phi) is 4.94. The maximum atomic E-state index is 14.2. The molecular formula is C24H22ClF4N7O. The summed E-state index contributed by atoms with van der Waals surface area (Å²) in [6.45, 7) is 0.784. The number of fused-ring (bicyclic) bond motifs is 3. The molecule has 13 heteroatoms. The fourth-order valence-corrected chi connectivity index (χ4v) is 6.41. The average Bonchev–Trinajstić information content (AvgIpc) is 3.07. The Morgan fingerprint density at radius 3 is 2.41 bits per heavy atom. The van der Waals surface area contributed by atoms with E-state index in [1.54, 1.807) is 12.1 Å². The van der Waals surface area contributed by atoms with Crippen molar-refractivity contribution in [1.29, 1.82) is 0 Å². The molecule has 1 aromatic carbocycles. The van der Waals surface area contributed by atoms with Crippen molar-refractivity contribution in [2.45, 2.75) is 43.6 Å². The molecule has 3 aliphatic heterocycles. The number of nitrogens with zero attached hydrogens (tertiary/aromatic N) is 7. The molecule has 0 atom stereocenters. The van der Waals surface area contributed by atoms with Crippen molar-refractivity contribution >= 4 is 17.5 Å². The molecule has 0 radical (unpaired) electrons.